The Balaban J connectivity index is 2.08. The predicted molar refractivity (Wildman–Crippen MR) is 40.9 cm³/mol. The van der Waals surface area contributed by atoms with Crippen molar-refractivity contribution in [1.29, 1.82) is 5.41 Å². The summed E-state index contributed by atoms with van der Waals surface area (Å²) >= 11 is 0. The molecular formula is C8H14N2. The molecule has 2 saturated carbocycles. The van der Waals surface area contributed by atoms with Crippen LogP contribution in [0.15, 0.2) is 0 Å². The number of nitrogens with one attached hydrogen (secondary N) is 1. The molecule has 3 N–H and O–H groups in total. The van der Waals surface area contributed by atoms with E-state index in [0.717, 1.165) is 11.8 Å². The molecule has 0 aromatic carbocycles. The van der Waals surface area contributed by atoms with Gasteiger partial charge in [0.15, 0.2) is 0 Å². The Bertz CT molecular complexity index is 165. The molecular weight excluding hydrogens is 124 g/mol. The maximum absolute atomic E-state index is 7.32. The fourth-order valence-electron chi connectivity index (χ4n) is 2.63. The van der Waals surface area contributed by atoms with E-state index < -0.39 is 0 Å². The highest BCUT2D eigenvalue weighted by molar-refractivity contribution is 5.80. The first-order valence-electron chi connectivity index (χ1n) is 4.11. The van der Waals surface area contributed by atoms with Crippen LogP contribution < -0.4 is 5.73 Å². The van der Waals surface area contributed by atoms with Gasteiger partial charge in [-0.05, 0) is 31.1 Å². The predicted octanol–water partition coefficient (Wildman–Crippen LogP) is 1.36. The summed E-state index contributed by atoms with van der Waals surface area (Å²) in [6, 6.07) is 0. The summed E-state index contributed by atoms with van der Waals surface area (Å²) in [4.78, 5) is 0. The molecule has 0 aliphatic heterocycles. The van der Waals surface area contributed by atoms with Crippen LogP contribution in [0.25, 0.3) is 0 Å². The molecule has 2 fully saturated rings. The molecule has 0 spiro atoms. The molecule has 0 radical (unpaired) electrons. The number of amidine groups is 1. The van der Waals surface area contributed by atoms with Crippen molar-refractivity contribution in [2.45, 2.75) is 25.7 Å². The van der Waals surface area contributed by atoms with Crippen LogP contribution in [0.2, 0.25) is 0 Å². The molecule has 56 valence electrons. The fourth-order valence-corrected chi connectivity index (χ4v) is 2.63. The SMILES string of the molecule is N=C(N)C1CC2CCC1C2. The van der Waals surface area contributed by atoms with E-state index >= 15 is 0 Å². The molecule has 0 heterocycles. The molecule has 2 nitrogen and oxygen atoms in total. The molecule has 2 aliphatic carbocycles. The van der Waals surface area contributed by atoms with Crippen molar-refractivity contribution in [3.63, 3.8) is 0 Å². The summed E-state index contributed by atoms with van der Waals surface area (Å²) in [6.45, 7) is 0. The molecule has 10 heavy (non-hydrogen) atoms. The molecule has 3 atom stereocenters. The first kappa shape index (κ1) is 6.20. The van der Waals surface area contributed by atoms with Crippen molar-refractivity contribution in [2.24, 2.45) is 23.5 Å². The Kier molecular flexibility index (Phi) is 1.22. The topological polar surface area (TPSA) is 49.9 Å². The third-order valence-electron chi connectivity index (χ3n) is 3.14. The van der Waals surface area contributed by atoms with Gasteiger partial charge in [0.2, 0.25) is 0 Å². The van der Waals surface area contributed by atoms with Gasteiger partial charge < -0.3 is 5.73 Å². The van der Waals surface area contributed by atoms with Crippen molar-refractivity contribution in [3.8, 4) is 0 Å². The van der Waals surface area contributed by atoms with Crippen LogP contribution in [0.3, 0.4) is 0 Å². The van der Waals surface area contributed by atoms with Gasteiger partial charge in [0.25, 0.3) is 0 Å². The fraction of sp³-hybridized carbons (Fsp3) is 0.875. The monoisotopic (exact) mass is 138 g/mol. The van der Waals surface area contributed by atoms with Crippen molar-refractivity contribution in [3.05, 3.63) is 0 Å². The highest BCUT2D eigenvalue weighted by Gasteiger charge is 2.40. The van der Waals surface area contributed by atoms with Crippen LogP contribution in [0, 0.1) is 23.2 Å². The molecule has 0 aromatic heterocycles. The number of rotatable bonds is 1. The standard InChI is InChI=1S/C8H14N2/c9-8(10)7-4-5-1-2-6(7)3-5/h5-7H,1-4H2,(H3,9,10). The molecule has 2 bridgehead atoms. The van der Waals surface area contributed by atoms with Crippen LogP contribution in [0.4, 0.5) is 0 Å². The first-order chi connectivity index (χ1) is 4.77. The van der Waals surface area contributed by atoms with Crippen molar-refractivity contribution in [1.82, 2.24) is 0 Å². The summed E-state index contributed by atoms with van der Waals surface area (Å²) in [7, 11) is 0. The number of nitrogens with two attached hydrogens (primary N) is 1. The second-order valence-electron chi connectivity index (χ2n) is 3.74. The van der Waals surface area contributed by atoms with E-state index in [1.165, 1.54) is 25.7 Å². The Morgan fingerprint density at radius 1 is 1.30 bits per heavy atom. The van der Waals surface area contributed by atoms with Gasteiger partial charge in [0.05, 0.1) is 5.84 Å². The van der Waals surface area contributed by atoms with Gasteiger partial charge in [-0.3, -0.25) is 5.41 Å². The van der Waals surface area contributed by atoms with Crippen LogP contribution >= 0.6 is 0 Å². The normalized spacial score (nSPS) is 44.2. The van der Waals surface area contributed by atoms with E-state index in [4.69, 9.17) is 11.1 Å². The van der Waals surface area contributed by atoms with Gasteiger partial charge in [0, 0.05) is 5.92 Å². The molecule has 0 amide bonds. The lowest BCUT2D eigenvalue weighted by Gasteiger charge is -2.19. The molecule has 0 saturated heterocycles. The van der Waals surface area contributed by atoms with E-state index in [2.05, 4.69) is 0 Å². The second kappa shape index (κ2) is 1.97. The molecule has 3 unspecified atom stereocenters. The van der Waals surface area contributed by atoms with Crippen LogP contribution in [-0.4, -0.2) is 5.84 Å². The lowest BCUT2D eigenvalue weighted by atomic mass is 9.88. The third kappa shape index (κ3) is 0.746. The van der Waals surface area contributed by atoms with Crippen LogP contribution in [0.1, 0.15) is 25.7 Å². The van der Waals surface area contributed by atoms with E-state index in [0.29, 0.717) is 11.8 Å². The zero-order chi connectivity index (χ0) is 7.14. The van der Waals surface area contributed by atoms with E-state index in [9.17, 15) is 0 Å². The van der Waals surface area contributed by atoms with Gasteiger partial charge in [-0.15, -0.1) is 0 Å². The first-order valence-corrected chi connectivity index (χ1v) is 4.11. The number of hydrogen-bond donors (Lipinski definition) is 2. The number of fused-ring (bicyclic) bond motifs is 2. The Morgan fingerprint density at radius 3 is 2.40 bits per heavy atom. The summed E-state index contributed by atoms with van der Waals surface area (Å²) in [5.41, 5.74) is 5.47. The average molecular weight is 138 g/mol. The van der Waals surface area contributed by atoms with E-state index in [-0.39, 0.29) is 0 Å². The highest BCUT2D eigenvalue weighted by atomic mass is 14.7. The largest absolute Gasteiger partial charge is 0.387 e. The number of hydrogen-bond acceptors (Lipinski definition) is 1. The van der Waals surface area contributed by atoms with Crippen molar-refractivity contribution in [2.75, 3.05) is 0 Å². The molecule has 2 heteroatoms. The summed E-state index contributed by atoms with van der Waals surface area (Å²) in [5.74, 6) is 2.59. The quantitative estimate of drug-likeness (QED) is 0.417. The van der Waals surface area contributed by atoms with Crippen molar-refractivity contribution >= 4 is 5.84 Å². The summed E-state index contributed by atoms with van der Waals surface area (Å²) in [5, 5.41) is 7.32. The van der Waals surface area contributed by atoms with Gasteiger partial charge in [-0.25, -0.2) is 0 Å². The Hall–Kier alpha value is -0.530. The average Bonchev–Trinajstić information content (AvgIpc) is 2.44. The Morgan fingerprint density at radius 2 is 2.10 bits per heavy atom. The minimum atomic E-state index is 0.437. The molecule has 2 aliphatic rings. The lowest BCUT2D eigenvalue weighted by molar-refractivity contribution is 0.412. The highest BCUT2D eigenvalue weighted by Crippen LogP contribution is 2.47. The minimum absolute atomic E-state index is 0.437. The lowest BCUT2D eigenvalue weighted by Crippen LogP contribution is -2.26. The molecule has 2 rings (SSSR count). The van der Waals surface area contributed by atoms with Crippen LogP contribution in [-0.2, 0) is 0 Å². The van der Waals surface area contributed by atoms with Gasteiger partial charge in [-0.1, -0.05) is 6.42 Å². The second-order valence-corrected chi connectivity index (χ2v) is 3.74. The summed E-state index contributed by atoms with van der Waals surface area (Å²) < 4.78 is 0. The van der Waals surface area contributed by atoms with Crippen LogP contribution in [0.5, 0.6) is 0 Å². The van der Waals surface area contributed by atoms with E-state index in [1.807, 2.05) is 0 Å². The van der Waals surface area contributed by atoms with Gasteiger partial charge >= 0.3 is 0 Å². The minimum Gasteiger partial charge on any atom is -0.387 e. The van der Waals surface area contributed by atoms with Gasteiger partial charge in [-0.2, -0.15) is 0 Å². The van der Waals surface area contributed by atoms with Gasteiger partial charge in [0.1, 0.15) is 0 Å². The maximum atomic E-state index is 7.32. The Labute approximate surface area is 61.3 Å². The maximum Gasteiger partial charge on any atom is 0.0939 e. The summed E-state index contributed by atoms with van der Waals surface area (Å²) in [6.07, 6.45) is 5.29. The smallest absolute Gasteiger partial charge is 0.0939 e. The van der Waals surface area contributed by atoms with Crippen molar-refractivity contribution < 1.29 is 0 Å². The molecule has 0 aromatic rings. The zero-order valence-corrected chi connectivity index (χ0v) is 6.14. The third-order valence-corrected chi connectivity index (χ3v) is 3.14. The van der Waals surface area contributed by atoms with E-state index in [1.54, 1.807) is 0 Å². The zero-order valence-electron chi connectivity index (χ0n) is 6.14.